The summed E-state index contributed by atoms with van der Waals surface area (Å²) in [6.07, 6.45) is 0. The quantitative estimate of drug-likeness (QED) is 0.793. The highest BCUT2D eigenvalue weighted by atomic mass is 19.1. The van der Waals surface area contributed by atoms with Crippen molar-refractivity contribution in [2.75, 3.05) is 13.9 Å². The Morgan fingerprint density at radius 1 is 1.21 bits per heavy atom. The summed E-state index contributed by atoms with van der Waals surface area (Å²) in [6.45, 7) is 2.59. The number of methoxy groups -OCH3 is 1. The van der Waals surface area contributed by atoms with Crippen LogP contribution < -0.4 is 10.1 Å². The Labute approximate surface area is 138 Å². The van der Waals surface area contributed by atoms with Gasteiger partial charge in [-0.05, 0) is 26.0 Å². The van der Waals surface area contributed by atoms with Crippen LogP contribution in [0.1, 0.15) is 24.2 Å². The number of nitrogens with one attached hydrogen (secondary N) is 1. The van der Waals surface area contributed by atoms with Gasteiger partial charge in [0, 0.05) is 17.9 Å². The van der Waals surface area contributed by atoms with Crippen LogP contribution in [0.5, 0.6) is 5.75 Å². The van der Waals surface area contributed by atoms with Crippen molar-refractivity contribution in [3.8, 4) is 5.75 Å². The second-order valence-electron chi connectivity index (χ2n) is 5.71. The molecule has 24 heavy (non-hydrogen) atoms. The van der Waals surface area contributed by atoms with E-state index in [2.05, 4.69) is 5.32 Å². The first kappa shape index (κ1) is 17.7. The Hall–Kier alpha value is -2.67. The molecule has 0 bridgehead atoms. The standard InChI is InChI=1S/C17H18FNO5/c1-17(2,16(21)22)19-15(20)12-8-7-10-11(5-4-6-13(10)18)14(12)24-9-23-3/h4-8H,9H2,1-3H3,(H,19,20)(H,21,22). The molecule has 0 saturated heterocycles. The third-order valence-electron chi connectivity index (χ3n) is 3.49. The molecule has 0 radical (unpaired) electrons. The molecule has 0 unspecified atom stereocenters. The SMILES string of the molecule is COCOc1c(C(=O)NC(C)(C)C(=O)O)ccc2c(F)cccc12. The van der Waals surface area contributed by atoms with E-state index in [0.717, 1.165) is 0 Å². The first-order valence-corrected chi connectivity index (χ1v) is 7.17. The number of carbonyl (C=O) groups excluding carboxylic acids is 1. The lowest BCUT2D eigenvalue weighted by atomic mass is 10.0. The van der Waals surface area contributed by atoms with Crippen LogP contribution in [0.2, 0.25) is 0 Å². The maximum absolute atomic E-state index is 13.9. The molecule has 1 amide bonds. The topological polar surface area (TPSA) is 84.9 Å². The maximum atomic E-state index is 13.9. The van der Waals surface area contributed by atoms with Gasteiger partial charge >= 0.3 is 5.97 Å². The van der Waals surface area contributed by atoms with Crippen molar-refractivity contribution < 1.29 is 28.6 Å². The lowest BCUT2D eigenvalue weighted by Crippen LogP contribution is -2.49. The second kappa shape index (κ2) is 6.84. The molecular weight excluding hydrogens is 317 g/mol. The zero-order valence-electron chi connectivity index (χ0n) is 13.6. The van der Waals surface area contributed by atoms with Crippen molar-refractivity contribution in [3.05, 3.63) is 41.7 Å². The number of amides is 1. The number of aliphatic carboxylic acids is 1. The molecule has 0 spiro atoms. The van der Waals surface area contributed by atoms with Crippen molar-refractivity contribution in [2.24, 2.45) is 0 Å². The van der Waals surface area contributed by atoms with Crippen molar-refractivity contribution in [3.63, 3.8) is 0 Å². The minimum absolute atomic E-state index is 0.0967. The van der Waals surface area contributed by atoms with E-state index in [9.17, 15) is 14.0 Å². The smallest absolute Gasteiger partial charge is 0.328 e. The number of hydrogen-bond donors (Lipinski definition) is 2. The molecule has 0 aliphatic heterocycles. The molecular formula is C17H18FNO5. The van der Waals surface area contributed by atoms with Gasteiger partial charge in [0.1, 0.15) is 17.1 Å². The number of hydrogen-bond acceptors (Lipinski definition) is 4. The fraction of sp³-hybridized carbons (Fsp3) is 0.294. The largest absolute Gasteiger partial charge is 0.480 e. The van der Waals surface area contributed by atoms with E-state index in [1.807, 2.05) is 0 Å². The molecule has 2 aromatic rings. The predicted molar refractivity (Wildman–Crippen MR) is 85.6 cm³/mol. The Bertz CT molecular complexity index is 788. The van der Waals surface area contributed by atoms with Gasteiger partial charge in [-0.15, -0.1) is 0 Å². The Morgan fingerprint density at radius 2 is 1.92 bits per heavy atom. The second-order valence-corrected chi connectivity index (χ2v) is 5.71. The first-order valence-electron chi connectivity index (χ1n) is 7.17. The molecule has 2 aromatic carbocycles. The average Bonchev–Trinajstić information content (AvgIpc) is 2.52. The summed E-state index contributed by atoms with van der Waals surface area (Å²) in [7, 11) is 1.42. The van der Waals surface area contributed by atoms with Gasteiger partial charge in [-0.2, -0.15) is 0 Å². The van der Waals surface area contributed by atoms with Gasteiger partial charge in [-0.1, -0.05) is 18.2 Å². The highest BCUT2D eigenvalue weighted by molar-refractivity contribution is 6.05. The lowest BCUT2D eigenvalue weighted by molar-refractivity contribution is -0.143. The van der Waals surface area contributed by atoms with Gasteiger partial charge in [0.15, 0.2) is 6.79 Å². The number of carboxylic acids is 1. The monoisotopic (exact) mass is 335 g/mol. The third-order valence-corrected chi connectivity index (χ3v) is 3.49. The van der Waals surface area contributed by atoms with Crippen LogP contribution in [0, 0.1) is 5.82 Å². The molecule has 0 heterocycles. The zero-order valence-corrected chi connectivity index (χ0v) is 13.6. The van der Waals surface area contributed by atoms with Gasteiger partial charge in [-0.25, -0.2) is 9.18 Å². The normalized spacial score (nSPS) is 11.3. The van der Waals surface area contributed by atoms with Crippen molar-refractivity contribution >= 4 is 22.6 Å². The number of carbonyl (C=O) groups is 2. The summed E-state index contributed by atoms with van der Waals surface area (Å²) in [4.78, 5) is 23.7. The van der Waals surface area contributed by atoms with E-state index in [-0.39, 0.29) is 23.5 Å². The molecule has 0 aliphatic carbocycles. The number of benzene rings is 2. The van der Waals surface area contributed by atoms with Gasteiger partial charge in [-0.3, -0.25) is 4.79 Å². The predicted octanol–water partition coefficient (Wildman–Crippen LogP) is 2.55. The molecule has 2 N–H and O–H groups in total. The number of rotatable bonds is 6. The Kier molecular flexibility index (Phi) is 5.04. The summed E-state index contributed by atoms with van der Waals surface area (Å²) in [5.74, 6) is -2.14. The fourth-order valence-electron chi connectivity index (χ4n) is 2.15. The van der Waals surface area contributed by atoms with Crippen LogP contribution in [0.4, 0.5) is 4.39 Å². The molecule has 0 fully saturated rings. The molecule has 0 aliphatic rings. The maximum Gasteiger partial charge on any atom is 0.328 e. The van der Waals surface area contributed by atoms with Gasteiger partial charge < -0.3 is 19.9 Å². The van der Waals surface area contributed by atoms with Crippen molar-refractivity contribution in [1.82, 2.24) is 5.32 Å². The molecule has 0 aromatic heterocycles. The van der Waals surface area contributed by atoms with E-state index in [1.54, 1.807) is 6.07 Å². The first-order chi connectivity index (χ1) is 11.3. The van der Waals surface area contributed by atoms with Crippen LogP contribution in [0.3, 0.4) is 0 Å². The van der Waals surface area contributed by atoms with Crippen LogP contribution in [-0.4, -0.2) is 36.4 Å². The number of ether oxygens (including phenoxy) is 2. The highest BCUT2D eigenvalue weighted by Crippen LogP contribution is 2.31. The summed E-state index contributed by atoms with van der Waals surface area (Å²) >= 11 is 0. The molecule has 7 heteroatoms. The summed E-state index contributed by atoms with van der Waals surface area (Å²) < 4.78 is 24.2. The zero-order chi connectivity index (χ0) is 17.9. The molecule has 6 nitrogen and oxygen atoms in total. The summed E-state index contributed by atoms with van der Waals surface area (Å²) in [6, 6.07) is 7.26. The Morgan fingerprint density at radius 3 is 2.54 bits per heavy atom. The summed E-state index contributed by atoms with van der Waals surface area (Å²) in [5, 5.41) is 12.2. The van der Waals surface area contributed by atoms with Crippen LogP contribution in [-0.2, 0) is 9.53 Å². The van der Waals surface area contributed by atoms with Crippen LogP contribution >= 0.6 is 0 Å². The average molecular weight is 335 g/mol. The molecule has 0 saturated carbocycles. The van der Waals surface area contributed by atoms with E-state index >= 15 is 0 Å². The van der Waals surface area contributed by atoms with Gasteiger partial charge in [0.25, 0.3) is 5.91 Å². The minimum atomic E-state index is -1.47. The van der Waals surface area contributed by atoms with Crippen molar-refractivity contribution in [2.45, 2.75) is 19.4 Å². The fourth-order valence-corrected chi connectivity index (χ4v) is 2.15. The van der Waals surface area contributed by atoms with Gasteiger partial charge in [0.2, 0.25) is 0 Å². The van der Waals surface area contributed by atoms with E-state index in [4.69, 9.17) is 14.6 Å². The van der Waals surface area contributed by atoms with Gasteiger partial charge in [0.05, 0.1) is 5.56 Å². The number of halogens is 1. The Balaban J connectivity index is 2.53. The molecule has 0 atom stereocenters. The lowest BCUT2D eigenvalue weighted by Gasteiger charge is -2.22. The number of carboxylic acid groups (broad SMARTS) is 1. The van der Waals surface area contributed by atoms with E-state index in [1.165, 1.54) is 45.2 Å². The summed E-state index contributed by atoms with van der Waals surface area (Å²) in [5.41, 5.74) is -1.37. The van der Waals surface area contributed by atoms with Crippen molar-refractivity contribution in [1.29, 1.82) is 0 Å². The number of fused-ring (bicyclic) bond motifs is 1. The van der Waals surface area contributed by atoms with E-state index < -0.39 is 23.2 Å². The molecule has 2 rings (SSSR count). The van der Waals surface area contributed by atoms with Crippen LogP contribution in [0.25, 0.3) is 10.8 Å². The van der Waals surface area contributed by atoms with E-state index in [0.29, 0.717) is 5.39 Å². The molecule has 128 valence electrons. The highest BCUT2D eigenvalue weighted by Gasteiger charge is 2.30. The third kappa shape index (κ3) is 3.46. The minimum Gasteiger partial charge on any atom is -0.480 e. The van der Waals surface area contributed by atoms with Crippen LogP contribution in [0.15, 0.2) is 30.3 Å².